The van der Waals surface area contributed by atoms with E-state index in [4.69, 9.17) is 21.7 Å². The van der Waals surface area contributed by atoms with E-state index in [-0.39, 0.29) is 23.0 Å². The second-order valence-electron chi connectivity index (χ2n) is 7.18. The van der Waals surface area contributed by atoms with Gasteiger partial charge in [0.05, 0.1) is 18.3 Å². The van der Waals surface area contributed by atoms with Crippen molar-refractivity contribution in [1.82, 2.24) is 10.6 Å². The minimum Gasteiger partial charge on any atom is -0.493 e. The summed E-state index contributed by atoms with van der Waals surface area (Å²) in [5, 5.41) is 8.66. The molecule has 3 rings (SSSR count). The highest BCUT2D eigenvalue weighted by Crippen LogP contribution is 2.18. The Morgan fingerprint density at radius 2 is 1.90 bits per heavy atom. The van der Waals surface area contributed by atoms with Gasteiger partial charge in [-0.3, -0.25) is 14.9 Å². The van der Waals surface area contributed by atoms with E-state index in [1.165, 1.54) is 0 Å². The molecule has 2 amide bonds. The van der Waals surface area contributed by atoms with Gasteiger partial charge in [-0.2, -0.15) is 0 Å². The number of rotatable bonds is 8. The number of hydrogen-bond donors (Lipinski definition) is 3. The van der Waals surface area contributed by atoms with E-state index in [0.29, 0.717) is 35.7 Å². The molecular weight excluding hydrogens is 414 g/mol. The molecule has 1 atom stereocenters. The lowest BCUT2D eigenvalue weighted by Gasteiger charge is -2.13. The van der Waals surface area contributed by atoms with Crippen molar-refractivity contribution < 1.29 is 19.1 Å². The van der Waals surface area contributed by atoms with Gasteiger partial charge >= 0.3 is 0 Å². The van der Waals surface area contributed by atoms with Gasteiger partial charge in [-0.25, -0.2) is 0 Å². The second-order valence-corrected chi connectivity index (χ2v) is 7.58. The van der Waals surface area contributed by atoms with Crippen LogP contribution in [0.1, 0.15) is 46.9 Å². The van der Waals surface area contributed by atoms with Crippen LogP contribution in [-0.2, 0) is 4.74 Å². The maximum absolute atomic E-state index is 12.6. The molecule has 0 aliphatic carbocycles. The predicted octanol–water partition coefficient (Wildman–Crippen LogP) is 3.51. The molecule has 2 aromatic carbocycles. The van der Waals surface area contributed by atoms with Crippen LogP contribution >= 0.6 is 12.2 Å². The predicted molar refractivity (Wildman–Crippen MR) is 124 cm³/mol. The number of ether oxygens (including phenoxy) is 2. The van der Waals surface area contributed by atoms with Gasteiger partial charge in [0.2, 0.25) is 0 Å². The standard InChI is InChI=1S/C23H27N3O4S/c1-2-13-30-20-8-4-3-7-19(20)22(28)26-23(31)25-17-11-9-16(10-12-17)21(27)24-15-18-6-5-14-29-18/h3-4,7-12,18H,2,5-6,13-15H2,1H3,(H,24,27)(H2,25,26,28,31). The number of anilines is 1. The Labute approximate surface area is 187 Å². The summed E-state index contributed by atoms with van der Waals surface area (Å²) in [5.74, 6) is 0.0129. The molecule has 1 unspecified atom stereocenters. The first-order chi connectivity index (χ1) is 15.1. The Morgan fingerprint density at radius 3 is 2.61 bits per heavy atom. The fraction of sp³-hybridized carbons (Fsp3) is 0.348. The lowest BCUT2D eigenvalue weighted by Crippen LogP contribution is -2.34. The Morgan fingerprint density at radius 1 is 1.13 bits per heavy atom. The van der Waals surface area contributed by atoms with Crippen molar-refractivity contribution >= 4 is 34.8 Å². The van der Waals surface area contributed by atoms with Crippen molar-refractivity contribution in [3.05, 3.63) is 59.7 Å². The van der Waals surface area contributed by atoms with Gasteiger partial charge in [-0.15, -0.1) is 0 Å². The summed E-state index contributed by atoms with van der Waals surface area (Å²) in [6.45, 7) is 3.80. The minimum atomic E-state index is -0.352. The highest BCUT2D eigenvalue weighted by Gasteiger charge is 2.17. The van der Waals surface area contributed by atoms with Gasteiger partial charge in [-0.05, 0) is 67.9 Å². The lowest BCUT2D eigenvalue weighted by molar-refractivity contribution is 0.0857. The van der Waals surface area contributed by atoms with E-state index < -0.39 is 0 Å². The van der Waals surface area contributed by atoms with Crippen LogP contribution in [0.5, 0.6) is 5.75 Å². The zero-order valence-corrected chi connectivity index (χ0v) is 18.3. The number of nitrogens with one attached hydrogen (secondary N) is 3. The number of amides is 2. The van der Waals surface area contributed by atoms with Gasteiger partial charge in [0.1, 0.15) is 5.75 Å². The SMILES string of the molecule is CCCOc1ccccc1C(=O)NC(=S)Nc1ccc(C(=O)NCC2CCCO2)cc1. The van der Waals surface area contributed by atoms with Gasteiger partial charge in [-0.1, -0.05) is 19.1 Å². The molecule has 1 heterocycles. The van der Waals surface area contributed by atoms with E-state index in [2.05, 4.69) is 16.0 Å². The molecule has 7 nitrogen and oxygen atoms in total. The van der Waals surface area contributed by atoms with E-state index in [9.17, 15) is 9.59 Å². The lowest BCUT2D eigenvalue weighted by atomic mass is 10.2. The molecule has 31 heavy (non-hydrogen) atoms. The summed E-state index contributed by atoms with van der Waals surface area (Å²) in [6, 6.07) is 13.9. The first kappa shape index (κ1) is 22.7. The van der Waals surface area contributed by atoms with Crippen molar-refractivity contribution in [3.63, 3.8) is 0 Å². The molecule has 1 aliphatic rings. The Hall–Kier alpha value is -2.97. The Bertz CT molecular complexity index is 911. The molecule has 3 N–H and O–H groups in total. The van der Waals surface area contributed by atoms with Crippen molar-refractivity contribution in [2.24, 2.45) is 0 Å². The van der Waals surface area contributed by atoms with Gasteiger partial charge in [0, 0.05) is 24.4 Å². The molecule has 2 aromatic rings. The monoisotopic (exact) mass is 441 g/mol. The van der Waals surface area contributed by atoms with E-state index in [1.807, 2.05) is 13.0 Å². The van der Waals surface area contributed by atoms with E-state index >= 15 is 0 Å². The van der Waals surface area contributed by atoms with E-state index in [1.54, 1.807) is 42.5 Å². The van der Waals surface area contributed by atoms with Crippen LogP contribution in [0.3, 0.4) is 0 Å². The van der Waals surface area contributed by atoms with Crippen molar-refractivity contribution in [3.8, 4) is 5.75 Å². The maximum Gasteiger partial charge on any atom is 0.261 e. The highest BCUT2D eigenvalue weighted by atomic mass is 32.1. The fourth-order valence-corrected chi connectivity index (χ4v) is 3.35. The summed E-state index contributed by atoms with van der Waals surface area (Å²) in [7, 11) is 0. The zero-order valence-electron chi connectivity index (χ0n) is 17.5. The summed E-state index contributed by atoms with van der Waals surface area (Å²) in [5.41, 5.74) is 1.62. The Kier molecular flexibility index (Phi) is 8.37. The normalized spacial score (nSPS) is 15.2. The molecule has 0 radical (unpaired) electrons. The summed E-state index contributed by atoms with van der Waals surface area (Å²) < 4.78 is 11.1. The zero-order chi connectivity index (χ0) is 22.1. The van der Waals surface area contributed by atoms with Crippen LogP contribution in [0.15, 0.2) is 48.5 Å². The number of carbonyl (C=O) groups is 2. The third kappa shape index (κ3) is 6.77. The number of hydrogen-bond acceptors (Lipinski definition) is 5. The molecule has 8 heteroatoms. The number of thiocarbonyl (C=S) groups is 1. The number of carbonyl (C=O) groups excluding carboxylic acids is 2. The van der Waals surface area contributed by atoms with Crippen LogP contribution in [0.2, 0.25) is 0 Å². The van der Waals surface area contributed by atoms with Gasteiger partial charge in [0.15, 0.2) is 5.11 Å². The average molecular weight is 442 g/mol. The largest absolute Gasteiger partial charge is 0.493 e. The quantitative estimate of drug-likeness (QED) is 0.544. The first-order valence-corrected chi connectivity index (χ1v) is 10.8. The average Bonchev–Trinajstić information content (AvgIpc) is 3.30. The molecule has 164 valence electrons. The third-order valence-electron chi connectivity index (χ3n) is 4.74. The smallest absolute Gasteiger partial charge is 0.261 e. The van der Waals surface area contributed by atoms with Crippen molar-refractivity contribution in [2.45, 2.75) is 32.3 Å². The topological polar surface area (TPSA) is 88.7 Å². The number of para-hydroxylation sites is 1. The number of benzene rings is 2. The van der Waals surface area contributed by atoms with E-state index in [0.717, 1.165) is 25.9 Å². The molecule has 1 aliphatic heterocycles. The highest BCUT2D eigenvalue weighted by molar-refractivity contribution is 7.80. The molecular formula is C23H27N3O4S. The Balaban J connectivity index is 1.51. The van der Waals surface area contributed by atoms with Crippen LogP contribution in [0.25, 0.3) is 0 Å². The molecule has 1 saturated heterocycles. The first-order valence-electron chi connectivity index (χ1n) is 10.4. The molecule has 0 spiro atoms. The minimum absolute atomic E-state index is 0.100. The van der Waals surface area contributed by atoms with Crippen LogP contribution in [0.4, 0.5) is 5.69 Å². The second kappa shape index (κ2) is 11.4. The van der Waals surface area contributed by atoms with Crippen LogP contribution in [0, 0.1) is 0 Å². The summed E-state index contributed by atoms with van der Waals surface area (Å²) >= 11 is 5.25. The third-order valence-corrected chi connectivity index (χ3v) is 4.94. The summed E-state index contributed by atoms with van der Waals surface area (Å²) in [6.07, 6.45) is 2.96. The fourth-order valence-electron chi connectivity index (χ4n) is 3.14. The van der Waals surface area contributed by atoms with Crippen molar-refractivity contribution in [2.75, 3.05) is 25.1 Å². The molecule has 0 aromatic heterocycles. The molecule has 0 saturated carbocycles. The maximum atomic E-state index is 12.6. The van der Waals surface area contributed by atoms with Gasteiger partial charge in [0.25, 0.3) is 11.8 Å². The summed E-state index contributed by atoms with van der Waals surface area (Å²) in [4.78, 5) is 24.8. The van der Waals surface area contributed by atoms with Crippen molar-refractivity contribution in [1.29, 1.82) is 0 Å². The van der Waals surface area contributed by atoms with Crippen LogP contribution in [-0.4, -0.2) is 42.8 Å². The van der Waals surface area contributed by atoms with Crippen LogP contribution < -0.4 is 20.7 Å². The van der Waals surface area contributed by atoms with Gasteiger partial charge < -0.3 is 20.1 Å². The molecule has 1 fully saturated rings. The molecule has 0 bridgehead atoms.